The standard InChI is InChI=1S/C35H45NP2/c1-6-16-30(17-7-1)28-31(29-38(34-22-12-4-13-23-34)35-24-14-5-15-25-35)36-26-27-37(32-18-8-2-9-19-32)33-20-10-3-11-21-33/h1,4-7,12-17,22-26,31-33H,2-3,8-11,18-21,27-29H2/t31-/m0/s1. The Morgan fingerprint density at radius 2 is 1.11 bits per heavy atom. The predicted octanol–water partition coefficient (Wildman–Crippen LogP) is 8.95. The van der Waals surface area contributed by atoms with E-state index >= 15 is 0 Å². The molecule has 0 amide bonds. The third kappa shape index (κ3) is 8.10. The molecule has 1 nitrogen and oxygen atoms in total. The number of hydrogen-bond donors (Lipinski definition) is 0. The van der Waals surface area contributed by atoms with Gasteiger partial charge in [0.2, 0.25) is 0 Å². The molecule has 0 aliphatic heterocycles. The molecule has 0 spiro atoms. The van der Waals surface area contributed by atoms with Gasteiger partial charge in [-0.2, -0.15) is 0 Å². The van der Waals surface area contributed by atoms with Gasteiger partial charge in [0.1, 0.15) is 0 Å². The van der Waals surface area contributed by atoms with Crippen molar-refractivity contribution in [2.45, 2.75) is 88.0 Å². The van der Waals surface area contributed by atoms with Crippen LogP contribution in [0.3, 0.4) is 0 Å². The van der Waals surface area contributed by atoms with Gasteiger partial charge in [-0.3, -0.25) is 4.99 Å². The molecule has 3 heteroatoms. The third-order valence-electron chi connectivity index (χ3n) is 8.54. The number of nitrogens with zero attached hydrogens (tertiary/aromatic N) is 1. The van der Waals surface area contributed by atoms with Gasteiger partial charge in [-0.25, -0.2) is 0 Å². The molecule has 2 aliphatic rings. The maximum Gasteiger partial charge on any atom is 0.0581 e. The van der Waals surface area contributed by atoms with E-state index in [1.54, 1.807) is 0 Å². The van der Waals surface area contributed by atoms with Crippen molar-refractivity contribution >= 4 is 32.7 Å². The lowest BCUT2D eigenvalue weighted by molar-refractivity contribution is 0.485. The Hall–Kier alpha value is -1.81. The molecule has 0 unspecified atom stereocenters. The van der Waals surface area contributed by atoms with Gasteiger partial charge < -0.3 is 0 Å². The van der Waals surface area contributed by atoms with E-state index in [-0.39, 0.29) is 7.92 Å². The van der Waals surface area contributed by atoms with E-state index in [4.69, 9.17) is 4.99 Å². The van der Waals surface area contributed by atoms with Gasteiger partial charge in [0, 0.05) is 12.4 Å². The first-order valence-electron chi connectivity index (χ1n) is 15.1. The summed E-state index contributed by atoms with van der Waals surface area (Å²) in [5.74, 6) is 0. The number of benzene rings is 3. The van der Waals surface area contributed by atoms with Crippen LogP contribution in [0, 0.1) is 0 Å². The number of aliphatic imine (C=N–C) groups is 1. The van der Waals surface area contributed by atoms with Gasteiger partial charge in [0.15, 0.2) is 0 Å². The van der Waals surface area contributed by atoms with Crippen molar-refractivity contribution in [3.63, 3.8) is 0 Å². The Balaban J connectivity index is 1.37. The van der Waals surface area contributed by atoms with E-state index in [2.05, 4.69) is 97.2 Å². The van der Waals surface area contributed by atoms with Crippen molar-refractivity contribution in [1.82, 2.24) is 0 Å². The zero-order valence-corrected chi connectivity index (χ0v) is 24.8. The number of rotatable bonds is 11. The Labute approximate surface area is 234 Å². The van der Waals surface area contributed by atoms with Crippen molar-refractivity contribution in [1.29, 1.82) is 0 Å². The highest BCUT2D eigenvalue weighted by Gasteiger charge is 2.30. The van der Waals surface area contributed by atoms with Crippen molar-refractivity contribution in [2.75, 3.05) is 12.3 Å². The minimum absolute atomic E-state index is 0.0611. The second-order valence-electron chi connectivity index (χ2n) is 11.2. The highest BCUT2D eigenvalue weighted by Crippen LogP contribution is 2.55. The molecule has 0 N–H and O–H groups in total. The van der Waals surface area contributed by atoms with Crippen LogP contribution in [0.25, 0.3) is 0 Å². The molecule has 38 heavy (non-hydrogen) atoms. The minimum atomic E-state index is -0.451. The van der Waals surface area contributed by atoms with E-state index in [1.165, 1.54) is 86.5 Å². The molecule has 1 atom stereocenters. The molecule has 0 bridgehead atoms. The van der Waals surface area contributed by atoms with E-state index in [1.807, 2.05) is 0 Å². The lowest BCUT2D eigenvalue weighted by Crippen LogP contribution is -2.24. The van der Waals surface area contributed by atoms with Crippen LogP contribution in [0.2, 0.25) is 0 Å². The van der Waals surface area contributed by atoms with Crippen LogP contribution in [0.15, 0.2) is 96.0 Å². The molecule has 0 heterocycles. The summed E-state index contributed by atoms with van der Waals surface area (Å²) in [4.78, 5) is 5.45. The molecular formula is C35H45NP2. The summed E-state index contributed by atoms with van der Waals surface area (Å²) in [6.07, 6.45) is 20.5. The van der Waals surface area contributed by atoms with Crippen LogP contribution in [-0.4, -0.2) is 35.9 Å². The lowest BCUT2D eigenvalue weighted by atomic mass is 9.99. The Morgan fingerprint density at radius 1 is 0.632 bits per heavy atom. The molecule has 200 valence electrons. The molecule has 0 radical (unpaired) electrons. The maximum atomic E-state index is 5.45. The molecule has 5 rings (SSSR count). The van der Waals surface area contributed by atoms with Crippen molar-refractivity contribution < 1.29 is 0 Å². The van der Waals surface area contributed by atoms with E-state index < -0.39 is 7.92 Å². The number of hydrogen-bond acceptors (Lipinski definition) is 1. The monoisotopic (exact) mass is 541 g/mol. The Bertz CT molecular complexity index is 1020. The molecule has 2 aliphatic carbocycles. The summed E-state index contributed by atoms with van der Waals surface area (Å²) < 4.78 is 0. The fourth-order valence-corrected chi connectivity index (χ4v) is 12.5. The zero-order chi connectivity index (χ0) is 25.8. The smallest absolute Gasteiger partial charge is 0.0581 e. The summed E-state index contributed by atoms with van der Waals surface area (Å²) in [6, 6.07) is 33.8. The molecule has 3 aromatic carbocycles. The van der Waals surface area contributed by atoms with Crippen LogP contribution >= 0.6 is 15.8 Å². The molecule has 3 aromatic rings. The van der Waals surface area contributed by atoms with Crippen LogP contribution < -0.4 is 10.6 Å². The SMILES string of the molecule is C(CP(C1CCCCC1)C1CCCCC1)=N[C@@H](Cc1ccccc1)CP(c1ccccc1)c1ccccc1. The summed E-state index contributed by atoms with van der Waals surface area (Å²) in [5, 5.41) is 2.93. The average Bonchev–Trinajstić information content (AvgIpc) is 3.00. The van der Waals surface area contributed by atoms with Gasteiger partial charge in [-0.1, -0.05) is 137 Å². The topological polar surface area (TPSA) is 12.4 Å². The third-order valence-corrected chi connectivity index (χ3v) is 14.7. The fourth-order valence-electron chi connectivity index (χ4n) is 6.55. The first-order valence-corrected chi connectivity index (χ1v) is 18.2. The van der Waals surface area contributed by atoms with Crippen LogP contribution in [-0.2, 0) is 6.42 Å². The van der Waals surface area contributed by atoms with E-state index in [0.29, 0.717) is 6.04 Å². The average molecular weight is 542 g/mol. The zero-order valence-electron chi connectivity index (χ0n) is 23.0. The first-order chi connectivity index (χ1) is 18.9. The summed E-state index contributed by atoms with van der Waals surface area (Å²) in [5.41, 5.74) is 3.39. The second-order valence-corrected chi connectivity index (χ2v) is 16.3. The molecule has 2 fully saturated rings. The van der Waals surface area contributed by atoms with Crippen LogP contribution in [0.5, 0.6) is 0 Å². The second kappa shape index (κ2) is 15.1. The van der Waals surface area contributed by atoms with Gasteiger partial charge in [-0.05, 0) is 73.7 Å². The highest BCUT2D eigenvalue weighted by atomic mass is 31.1. The maximum absolute atomic E-state index is 5.45. The lowest BCUT2D eigenvalue weighted by Gasteiger charge is -2.38. The first kappa shape index (κ1) is 27.7. The van der Waals surface area contributed by atoms with E-state index in [0.717, 1.165) is 23.9 Å². The van der Waals surface area contributed by atoms with Gasteiger partial charge >= 0.3 is 0 Å². The Morgan fingerprint density at radius 3 is 1.61 bits per heavy atom. The minimum Gasteiger partial charge on any atom is -0.293 e. The molecule has 2 saturated carbocycles. The van der Waals surface area contributed by atoms with Crippen molar-refractivity contribution in [2.24, 2.45) is 4.99 Å². The normalized spacial score (nSPS) is 18.4. The van der Waals surface area contributed by atoms with Crippen LogP contribution in [0.4, 0.5) is 0 Å². The van der Waals surface area contributed by atoms with Gasteiger partial charge in [0.05, 0.1) is 6.04 Å². The summed E-state index contributed by atoms with van der Waals surface area (Å²) in [6.45, 7) is 0. The quantitative estimate of drug-likeness (QED) is 0.170. The highest BCUT2D eigenvalue weighted by molar-refractivity contribution is 7.73. The predicted molar refractivity (Wildman–Crippen MR) is 172 cm³/mol. The van der Waals surface area contributed by atoms with Crippen LogP contribution in [0.1, 0.15) is 69.8 Å². The van der Waals surface area contributed by atoms with E-state index in [9.17, 15) is 0 Å². The van der Waals surface area contributed by atoms with Gasteiger partial charge in [0.25, 0.3) is 0 Å². The van der Waals surface area contributed by atoms with Crippen molar-refractivity contribution in [3.05, 3.63) is 96.6 Å². The molecular weight excluding hydrogens is 496 g/mol. The fraction of sp³-hybridized carbons (Fsp3) is 0.457. The summed E-state index contributed by atoms with van der Waals surface area (Å²) in [7, 11) is -0.390. The molecule has 0 aromatic heterocycles. The molecule has 0 saturated heterocycles. The van der Waals surface area contributed by atoms with Crippen molar-refractivity contribution in [3.8, 4) is 0 Å². The summed E-state index contributed by atoms with van der Waals surface area (Å²) >= 11 is 0. The largest absolute Gasteiger partial charge is 0.293 e. The Kier molecular flexibility index (Phi) is 11.0. The van der Waals surface area contributed by atoms with Gasteiger partial charge in [-0.15, -0.1) is 0 Å².